The fourth-order valence-electron chi connectivity index (χ4n) is 4.49. The van der Waals surface area contributed by atoms with Crippen molar-refractivity contribution >= 4 is 27.8 Å². The summed E-state index contributed by atoms with van der Waals surface area (Å²) in [5.41, 5.74) is 5.63. The molecule has 2 N–H and O–H groups in total. The number of hydrogen-bond acceptors (Lipinski definition) is 3. The first-order valence-corrected chi connectivity index (χ1v) is 10.6. The van der Waals surface area contributed by atoms with Gasteiger partial charge in [-0.15, -0.1) is 0 Å². The van der Waals surface area contributed by atoms with Gasteiger partial charge in [-0.1, -0.05) is 19.9 Å². The molecule has 0 radical (unpaired) electrons. The quantitative estimate of drug-likeness (QED) is 0.342. The number of fused-ring (bicyclic) bond motifs is 2. The summed E-state index contributed by atoms with van der Waals surface area (Å²) >= 11 is 0. The number of ether oxygens (including phenoxy) is 1. The van der Waals surface area contributed by atoms with E-state index < -0.39 is 5.97 Å². The van der Waals surface area contributed by atoms with Crippen molar-refractivity contribution in [2.24, 2.45) is 0 Å². The van der Waals surface area contributed by atoms with Crippen molar-refractivity contribution in [3.05, 3.63) is 77.9 Å². The molecular weight excluding hydrogens is 421 g/mol. The van der Waals surface area contributed by atoms with Crippen LogP contribution in [0.3, 0.4) is 0 Å². The van der Waals surface area contributed by atoms with Crippen molar-refractivity contribution in [3.63, 3.8) is 0 Å². The number of aromatic amines is 1. The molecule has 166 valence electrons. The Morgan fingerprint density at radius 1 is 1.12 bits per heavy atom. The van der Waals surface area contributed by atoms with Gasteiger partial charge in [0.1, 0.15) is 17.1 Å². The minimum atomic E-state index is -1.05. The molecule has 2 aromatic heterocycles. The first-order valence-electron chi connectivity index (χ1n) is 10.6. The Morgan fingerprint density at radius 3 is 2.55 bits per heavy atom. The molecule has 0 spiro atoms. The molecule has 0 fully saturated rings. The lowest BCUT2D eigenvalue weighted by molar-refractivity contribution is 0.0693. The molecule has 0 aliphatic carbocycles. The van der Waals surface area contributed by atoms with Crippen LogP contribution in [0.4, 0.5) is 4.39 Å². The largest absolute Gasteiger partial charge is 0.496 e. The van der Waals surface area contributed by atoms with E-state index in [0.717, 1.165) is 44.3 Å². The zero-order valence-corrected chi connectivity index (χ0v) is 18.4. The second-order valence-corrected chi connectivity index (χ2v) is 8.27. The van der Waals surface area contributed by atoms with Gasteiger partial charge in [0.25, 0.3) is 0 Å². The number of carboxylic acids is 1. The minimum absolute atomic E-state index is 0.102. The zero-order valence-electron chi connectivity index (χ0n) is 18.4. The highest BCUT2D eigenvalue weighted by atomic mass is 19.1. The highest BCUT2D eigenvalue weighted by Gasteiger charge is 2.24. The number of rotatable bonds is 5. The van der Waals surface area contributed by atoms with E-state index in [0.29, 0.717) is 5.75 Å². The predicted octanol–water partition coefficient (Wildman–Crippen LogP) is 6.14. The summed E-state index contributed by atoms with van der Waals surface area (Å²) in [5, 5.41) is 18.7. The summed E-state index contributed by atoms with van der Waals surface area (Å²) < 4.78 is 21.3. The number of halogens is 1. The van der Waals surface area contributed by atoms with Crippen LogP contribution < -0.4 is 4.74 Å². The molecule has 0 amide bonds. The van der Waals surface area contributed by atoms with E-state index in [1.54, 1.807) is 36.5 Å². The molecule has 6 nitrogen and oxygen atoms in total. The van der Waals surface area contributed by atoms with Crippen molar-refractivity contribution in [1.29, 1.82) is 0 Å². The van der Waals surface area contributed by atoms with Crippen LogP contribution in [0.5, 0.6) is 5.75 Å². The van der Waals surface area contributed by atoms with Gasteiger partial charge in [-0.3, -0.25) is 5.10 Å². The lowest BCUT2D eigenvalue weighted by atomic mass is 9.95. The van der Waals surface area contributed by atoms with Gasteiger partial charge in [0.15, 0.2) is 0 Å². The van der Waals surface area contributed by atoms with E-state index in [4.69, 9.17) is 4.74 Å². The van der Waals surface area contributed by atoms with Crippen molar-refractivity contribution in [2.45, 2.75) is 19.8 Å². The molecule has 0 unspecified atom stereocenters. The van der Waals surface area contributed by atoms with E-state index in [-0.39, 0.29) is 17.3 Å². The number of nitrogens with zero attached hydrogens (tertiary/aromatic N) is 2. The maximum atomic E-state index is 13.7. The molecule has 0 aliphatic heterocycles. The Kier molecular flexibility index (Phi) is 4.89. The van der Waals surface area contributed by atoms with Gasteiger partial charge >= 0.3 is 5.97 Å². The molecule has 0 saturated heterocycles. The lowest BCUT2D eigenvalue weighted by Gasteiger charge is -2.16. The molecule has 3 aromatic carbocycles. The smallest absolute Gasteiger partial charge is 0.339 e. The number of aromatic nitrogens is 3. The average molecular weight is 443 g/mol. The zero-order chi connectivity index (χ0) is 23.3. The summed E-state index contributed by atoms with van der Waals surface area (Å²) in [6.07, 6.45) is 1.77. The third kappa shape index (κ3) is 3.33. The lowest BCUT2D eigenvalue weighted by Crippen LogP contribution is -2.04. The number of carbonyl (C=O) groups is 1. The molecule has 0 atom stereocenters. The molecule has 0 bridgehead atoms. The van der Waals surface area contributed by atoms with E-state index >= 15 is 0 Å². The maximum absolute atomic E-state index is 13.7. The number of carboxylic acid groups (broad SMARTS) is 1. The van der Waals surface area contributed by atoms with Gasteiger partial charge in [-0.2, -0.15) is 5.10 Å². The molecule has 5 aromatic rings. The van der Waals surface area contributed by atoms with Gasteiger partial charge in [0.2, 0.25) is 0 Å². The summed E-state index contributed by atoms with van der Waals surface area (Å²) in [4.78, 5) is 11.6. The van der Waals surface area contributed by atoms with Gasteiger partial charge in [-0.05, 0) is 60.0 Å². The van der Waals surface area contributed by atoms with Crippen LogP contribution in [0.1, 0.15) is 35.8 Å². The van der Waals surface area contributed by atoms with Crippen molar-refractivity contribution in [3.8, 4) is 22.6 Å². The number of methoxy groups -OCH3 is 1. The van der Waals surface area contributed by atoms with Crippen molar-refractivity contribution in [2.75, 3.05) is 7.11 Å². The third-order valence-electron chi connectivity index (χ3n) is 5.92. The Balaban J connectivity index is 1.91. The van der Waals surface area contributed by atoms with Gasteiger partial charge in [0, 0.05) is 27.7 Å². The second kappa shape index (κ2) is 7.78. The Bertz CT molecular complexity index is 1510. The minimum Gasteiger partial charge on any atom is -0.496 e. The standard InChI is InChI=1S/C26H22FN3O3/c1-14(2)25-24(15-4-9-19(26(31)32)23(11-15)33-3)20-12-21-16(13-28-29-21)10-22(20)30(25)18-7-5-17(27)6-8-18/h4-14H,1-3H3,(H,28,29)(H,31,32). The molecule has 5 rings (SSSR count). The Hall–Kier alpha value is -4.13. The number of aromatic carboxylic acids is 1. The number of H-pyrrole nitrogens is 1. The van der Waals surface area contributed by atoms with E-state index in [9.17, 15) is 14.3 Å². The highest BCUT2D eigenvalue weighted by Crippen LogP contribution is 2.43. The SMILES string of the molecule is COc1cc(-c2c(C(C)C)n(-c3ccc(F)cc3)c3cc4cn[nH]c4cc23)ccc1C(=O)O. The second-order valence-electron chi connectivity index (χ2n) is 8.27. The monoisotopic (exact) mass is 443 g/mol. The van der Waals surface area contributed by atoms with E-state index in [1.807, 2.05) is 0 Å². The first kappa shape index (κ1) is 20.8. The van der Waals surface area contributed by atoms with Crippen molar-refractivity contribution < 1.29 is 19.0 Å². The van der Waals surface area contributed by atoms with Crippen LogP contribution in [0.25, 0.3) is 38.6 Å². The summed E-state index contributed by atoms with van der Waals surface area (Å²) in [6.45, 7) is 4.21. The fourth-order valence-corrected chi connectivity index (χ4v) is 4.49. The molecule has 7 heteroatoms. The summed E-state index contributed by atoms with van der Waals surface area (Å²) in [5.74, 6) is -0.942. The van der Waals surface area contributed by atoms with Crippen LogP contribution in [0, 0.1) is 5.82 Å². The Morgan fingerprint density at radius 2 is 1.88 bits per heavy atom. The van der Waals surface area contributed by atoms with Gasteiger partial charge < -0.3 is 14.4 Å². The average Bonchev–Trinajstić information content (AvgIpc) is 3.39. The van der Waals surface area contributed by atoms with Crippen LogP contribution in [0.2, 0.25) is 0 Å². The molecule has 33 heavy (non-hydrogen) atoms. The van der Waals surface area contributed by atoms with Crippen molar-refractivity contribution in [1.82, 2.24) is 14.8 Å². The molecular formula is C26H22FN3O3. The number of nitrogens with one attached hydrogen (secondary N) is 1. The predicted molar refractivity (Wildman–Crippen MR) is 126 cm³/mol. The van der Waals surface area contributed by atoms with Crippen LogP contribution in [-0.4, -0.2) is 33.0 Å². The molecule has 0 saturated carbocycles. The van der Waals surface area contributed by atoms with Gasteiger partial charge in [-0.25, -0.2) is 9.18 Å². The van der Waals surface area contributed by atoms with Gasteiger partial charge in [0.05, 0.1) is 24.3 Å². The van der Waals surface area contributed by atoms with E-state index in [2.05, 4.69) is 40.7 Å². The summed E-state index contributed by atoms with van der Waals surface area (Å²) in [7, 11) is 1.46. The normalized spacial score (nSPS) is 11.5. The number of benzene rings is 3. The Labute approximate surface area is 189 Å². The summed E-state index contributed by atoms with van der Waals surface area (Å²) in [6, 6.07) is 15.7. The highest BCUT2D eigenvalue weighted by molar-refractivity contribution is 6.06. The van der Waals surface area contributed by atoms with Crippen LogP contribution in [-0.2, 0) is 0 Å². The topological polar surface area (TPSA) is 80.1 Å². The third-order valence-corrected chi connectivity index (χ3v) is 5.92. The molecule has 2 heterocycles. The van der Waals surface area contributed by atoms with Crippen LogP contribution >= 0.6 is 0 Å². The van der Waals surface area contributed by atoms with E-state index in [1.165, 1.54) is 19.2 Å². The molecule has 0 aliphatic rings. The first-order chi connectivity index (χ1) is 15.9. The van der Waals surface area contributed by atoms with Crippen LogP contribution in [0.15, 0.2) is 60.8 Å². The fraction of sp³-hybridized carbons (Fsp3) is 0.154. The number of hydrogen-bond donors (Lipinski definition) is 2. The maximum Gasteiger partial charge on any atom is 0.339 e.